The van der Waals surface area contributed by atoms with Crippen LogP contribution in [-0.2, 0) is 4.79 Å². The minimum atomic E-state index is -0.205. The smallest absolute Gasteiger partial charge is 0.250 e. The quantitative estimate of drug-likeness (QED) is 0.709. The van der Waals surface area contributed by atoms with E-state index in [2.05, 4.69) is 15.3 Å². The molecule has 0 aliphatic heterocycles. The second-order valence-corrected chi connectivity index (χ2v) is 6.97. The van der Waals surface area contributed by atoms with Crippen LogP contribution in [0.4, 0.5) is 5.13 Å². The van der Waals surface area contributed by atoms with Crippen molar-refractivity contribution in [3.63, 3.8) is 0 Å². The molecular weight excluding hydrogens is 326 g/mol. The third-order valence-electron chi connectivity index (χ3n) is 3.10. The molecule has 0 fully saturated rings. The van der Waals surface area contributed by atoms with Gasteiger partial charge in [0, 0.05) is 11.5 Å². The van der Waals surface area contributed by atoms with Crippen LogP contribution in [-0.4, -0.2) is 15.9 Å². The second-order valence-electron chi connectivity index (χ2n) is 4.91. The van der Waals surface area contributed by atoms with Gasteiger partial charge < -0.3 is 0 Å². The first-order chi connectivity index (χ1) is 11.1. The van der Waals surface area contributed by atoms with Crippen molar-refractivity contribution in [2.45, 2.75) is 13.8 Å². The molecule has 0 saturated carbocycles. The third kappa shape index (κ3) is 3.91. The van der Waals surface area contributed by atoms with Crippen LogP contribution in [0.2, 0.25) is 0 Å². The minimum Gasteiger partial charge on any atom is -0.298 e. The van der Waals surface area contributed by atoms with E-state index in [1.807, 2.05) is 49.6 Å². The maximum absolute atomic E-state index is 12.0. The van der Waals surface area contributed by atoms with E-state index >= 15 is 0 Å². The highest BCUT2D eigenvalue weighted by molar-refractivity contribution is 7.19. The van der Waals surface area contributed by atoms with Gasteiger partial charge in [-0.2, -0.15) is 0 Å². The van der Waals surface area contributed by atoms with E-state index in [1.54, 1.807) is 17.4 Å². The maximum atomic E-state index is 12.0. The van der Waals surface area contributed by atoms with Crippen LogP contribution < -0.4 is 5.32 Å². The van der Waals surface area contributed by atoms with E-state index in [0.29, 0.717) is 5.13 Å². The van der Waals surface area contributed by atoms with Crippen LogP contribution in [0.15, 0.2) is 41.8 Å². The Kier molecular flexibility index (Phi) is 4.64. The van der Waals surface area contributed by atoms with E-state index in [-0.39, 0.29) is 5.91 Å². The summed E-state index contributed by atoms with van der Waals surface area (Å²) in [6, 6.07) is 10.0. The number of amides is 1. The number of carbonyl (C=O) groups is 1. The molecule has 0 spiro atoms. The number of hydrogen-bond donors (Lipinski definition) is 1. The van der Waals surface area contributed by atoms with Crippen molar-refractivity contribution < 1.29 is 4.79 Å². The molecule has 1 N–H and O–H groups in total. The van der Waals surface area contributed by atoms with E-state index in [1.165, 1.54) is 17.4 Å². The Labute approximate surface area is 142 Å². The van der Waals surface area contributed by atoms with Crippen molar-refractivity contribution in [2.75, 3.05) is 5.32 Å². The zero-order chi connectivity index (χ0) is 16.2. The van der Waals surface area contributed by atoms with E-state index in [4.69, 9.17) is 0 Å². The molecule has 0 saturated heterocycles. The topological polar surface area (TPSA) is 54.9 Å². The molecule has 3 aromatic rings. The molecule has 0 aliphatic rings. The van der Waals surface area contributed by atoms with Crippen molar-refractivity contribution >= 4 is 39.8 Å². The zero-order valence-electron chi connectivity index (χ0n) is 12.7. The normalized spacial score (nSPS) is 11.0. The predicted octanol–water partition coefficient (Wildman–Crippen LogP) is 4.54. The van der Waals surface area contributed by atoms with E-state index in [9.17, 15) is 4.79 Å². The zero-order valence-corrected chi connectivity index (χ0v) is 14.4. The average molecular weight is 341 g/mol. The summed E-state index contributed by atoms with van der Waals surface area (Å²) in [6.07, 6.45) is 3.19. The van der Waals surface area contributed by atoms with Gasteiger partial charge >= 0.3 is 0 Å². The number of hydrogen-bond acceptors (Lipinski definition) is 5. The summed E-state index contributed by atoms with van der Waals surface area (Å²) < 4.78 is 0. The molecule has 6 heteroatoms. The second kappa shape index (κ2) is 6.85. The number of benzene rings is 1. The molecule has 0 aliphatic carbocycles. The minimum absolute atomic E-state index is 0.205. The van der Waals surface area contributed by atoms with Crippen molar-refractivity contribution in [2.24, 2.45) is 0 Å². The van der Waals surface area contributed by atoms with Gasteiger partial charge in [-0.1, -0.05) is 41.7 Å². The van der Waals surface area contributed by atoms with Crippen molar-refractivity contribution in [1.29, 1.82) is 0 Å². The number of carbonyl (C=O) groups excluding carboxylic acids is 1. The van der Waals surface area contributed by atoms with Gasteiger partial charge in [0.05, 0.1) is 21.3 Å². The summed E-state index contributed by atoms with van der Waals surface area (Å²) in [6.45, 7) is 3.88. The number of nitrogens with zero attached hydrogens (tertiary/aromatic N) is 2. The lowest BCUT2D eigenvalue weighted by molar-refractivity contribution is -0.111. The molecule has 23 heavy (non-hydrogen) atoms. The van der Waals surface area contributed by atoms with Crippen LogP contribution in [0.1, 0.15) is 16.4 Å². The monoisotopic (exact) mass is 341 g/mol. The molecule has 1 amide bonds. The first-order valence-electron chi connectivity index (χ1n) is 7.06. The first-order valence-corrected chi connectivity index (χ1v) is 8.75. The summed E-state index contributed by atoms with van der Waals surface area (Å²) in [7, 11) is 0. The summed E-state index contributed by atoms with van der Waals surface area (Å²) in [5.74, 6) is -0.205. The highest BCUT2D eigenvalue weighted by Gasteiger charge is 2.10. The molecule has 0 bridgehead atoms. The molecule has 1 aromatic carbocycles. The van der Waals surface area contributed by atoms with Gasteiger partial charge in [-0.25, -0.2) is 9.97 Å². The van der Waals surface area contributed by atoms with Crippen molar-refractivity contribution in [3.8, 4) is 10.4 Å². The summed E-state index contributed by atoms with van der Waals surface area (Å²) in [4.78, 5) is 21.8. The van der Waals surface area contributed by atoms with E-state index < -0.39 is 0 Å². The molecule has 116 valence electrons. The summed E-state index contributed by atoms with van der Waals surface area (Å²) in [5, 5.41) is 6.31. The Hall–Kier alpha value is -2.31. The predicted molar refractivity (Wildman–Crippen MR) is 96.8 cm³/mol. The maximum Gasteiger partial charge on any atom is 0.250 e. The Bertz CT molecular complexity index is 850. The molecule has 4 nitrogen and oxygen atoms in total. The lowest BCUT2D eigenvalue weighted by atomic mass is 10.2. The van der Waals surface area contributed by atoms with E-state index in [0.717, 1.165) is 26.8 Å². The number of aromatic nitrogens is 2. The fourth-order valence-corrected chi connectivity index (χ4v) is 3.63. The summed E-state index contributed by atoms with van der Waals surface area (Å²) >= 11 is 3.03. The fourth-order valence-electron chi connectivity index (χ4n) is 2.07. The van der Waals surface area contributed by atoms with Gasteiger partial charge in [0.1, 0.15) is 0 Å². The third-order valence-corrected chi connectivity index (χ3v) is 5.02. The lowest BCUT2D eigenvalue weighted by Crippen LogP contribution is -2.07. The number of aryl methyl sites for hydroxylation is 2. The van der Waals surface area contributed by atoms with Crippen molar-refractivity contribution in [3.05, 3.63) is 58.2 Å². The highest BCUT2D eigenvalue weighted by atomic mass is 32.1. The van der Waals surface area contributed by atoms with Gasteiger partial charge in [0.25, 0.3) is 0 Å². The van der Waals surface area contributed by atoms with Crippen molar-refractivity contribution in [1.82, 2.24) is 9.97 Å². The first kappa shape index (κ1) is 15.6. The van der Waals surface area contributed by atoms with Crippen LogP contribution in [0.5, 0.6) is 0 Å². The molecule has 3 rings (SSSR count). The number of nitrogens with one attached hydrogen (secondary N) is 1. The standard InChI is InChI=1S/C17H15N3OS2/c1-11-16(13-6-4-3-5-7-13)23-17(18-11)20-15(21)9-8-14-10-22-12(2)19-14/h3-10H,1-2H3,(H,18,20,21). The molecule has 0 unspecified atom stereocenters. The van der Waals surface area contributed by atoms with Crippen LogP contribution in [0, 0.1) is 13.8 Å². The SMILES string of the molecule is Cc1nc(C=CC(=O)Nc2nc(C)c(-c3ccccc3)s2)cs1. The van der Waals surface area contributed by atoms with Gasteiger partial charge in [-0.3, -0.25) is 10.1 Å². The van der Waals surface area contributed by atoms with Crippen LogP contribution in [0.3, 0.4) is 0 Å². The average Bonchev–Trinajstić information content (AvgIpc) is 3.12. The largest absolute Gasteiger partial charge is 0.298 e. The molecule has 0 atom stereocenters. The highest BCUT2D eigenvalue weighted by Crippen LogP contribution is 2.32. The van der Waals surface area contributed by atoms with Gasteiger partial charge in [0.15, 0.2) is 5.13 Å². The Morgan fingerprint density at radius 3 is 2.65 bits per heavy atom. The van der Waals surface area contributed by atoms with Crippen LogP contribution >= 0.6 is 22.7 Å². The molecule has 2 aromatic heterocycles. The van der Waals surface area contributed by atoms with Gasteiger partial charge in [-0.15, -0.1) is 11.3 Å². The molecule has 2 heterocycles. The van der Waals surface area contributed by atoms with Gasteiger partial charge in [0.2, 0.25) is 5.91 Å². The van der Waals surface area contributed by atoms with Gasteiger partial charge in [-0.05, 0) is 25.5 Å². The fraction of sp³-hybridized carbons (Fsp3) is 0.118. The Morgan fingerprint density at radius 2 is 1.96 bits per heavy atom. The molecule has 0 radical (unpaired) electrons. The molecular formula is C17H15N3OS2. The van der Waals surface area contributed by atoms with Crippen LogP contribution in [0.25, 0.3) is 16.5 Å². The Morgan fingerprint density at radius 1 is 1.17 bits per heavy atom. The lowest BCUT2D eigenvalue weighted by Gasteiger charge is -1.96. The number of thiazole rings is 2. The summed E-state index contributed by atoms with van der Waals surface area (Å²) in [5.41, 5.74) is 2.81. The number of rotatable bonds is 4. The Balaban J connectivity index is 1.71. The number of anilines is 1.